The first-order valence-corrected chi connectivity index (χ1v) is 5.79. The molecule has 0 bridgehead atoms. The van der Waals surface area contributed by atoms with Gasteiger partial charge in [-0.2, -0.15) is 0 Å². The summed E-state index contributed by atoms with van der Waals surface area (Å²) in [5.74, 6) is -0.246. The maximum Gasteiger partial charge on any atom is 0.313 e. The molecule has 0 radical (unpaired) electrons. The third-order valence-corrected chi connectivity index (χ3v) is 2.74. The normalized spacial score (nSPS) is 14.1. The molecule has 0 aliphatic rings. The number of ether oxygens (including phenoxy) is 1. The highest BCUT2D eigenvalue weighted by atomic mass is 16.5. The number of hydrogen-bond donors (Lipinski definition) is 1. The lowest BCUT2D eigenvalue weighted by atomic mass is 9.84. The van der Waals surface area contributed by atoms with Crippen LogP contribution in [-0.2, 0) is 16.0 Å². The Bertz CT molecular complexity index is 393. The summed E-state index contributed by atoms with van der Waals surface area (Å²) in [4.78, 5) is 16.0. The fraction of sp³-hybridized carbons (Fsp3) is 0.538. The summed E-state index contributed by atoms with van der Waals surface area (Å²) in [7, 11) is 0. The minimum atomic E-state index is -0.675. The molecule has 0 aliphatic heterocycles. The van der Waals surface area contributed by atoms with Crippen molar-refractivity contribution < 1.29 is 9.53 Å². The maximum absolute atomic E-state index is 11.9. The van der Waals surface area contributed by atoms with Crippen LogP contribution in [-0.4, -0.2) is 24.1 Å². The molecule has 0 amide bonds. The van der Waals surface area contributed by atoms with E-state index in [1.165, 1.54) is 0 Å². The van der Waals surface area contributed by atoms with Gasteiger partial charge >= 0.3 is 5.97 Å². The summed E-state index contributed by atoms with van der Waals surface area (Å²) in [6.07, 6.45) is 4.10. The highest BCUT2D eigenvalue weighted by molar-refractivity contribution is 5.77. The van der Waals surface area contributed by atoms with Crippen molar-refractivity contribution in [3.05, 3.63) is 29.6 Å². The Hall–Kier alpha value is -1.42. The summed E-state index contributed by atoms with van der Waals surface area (Å²) < 4.78 is 5.06. The Morgan fingerprint density at radius 3 is 2.76 bits per heavy atom. The van der Waals surface area contributed by atoms with Crippen LogP contribution in [0.25, 0.3) is 0 Å². The van der Waals surface area contributed by atoms with Gasteiger partial charge in [-0.3, -0.25) is 9.78 Å². The van der Waals surface area contributed by atoms with Gasteiger partial charge in [0.15, 0.2) is 0 Å². The second-order valence-electron chi connectivity index (χ2n) is 4.53. The zero-order valence-electron chi connectivity index (χ0n) is 10.7. The average molecular weight is 236 g/mol. The maximum atomic E-state index is 11.9. The van der Waals surface area contributed by atoms with Crippen molar-refractivity contribution >= 4 is 5.97 Å². The Morgan fingerprint density at radius 2 is 2.24 bits per heavy atom. The van der Waals surface area contributed by atoms with E-state index in [9.17, 15) is 4.79 Å². The summed E-state index contributed by atoms with van der Waals surface area (Å²) in [6.45, 7) is 6.23. The van der Waals surface area contributed by atoms with Crippen LogP contribution in [0.3, 0.4) is 0 Å². The van der Waals surface area contributed by atoms with Gasteiger partial charge in [0, 0.05) is 18.9 Å². The zero-order chi connectivity index (χ0) is 12.9. The van der Waals surface area contributed by atoms with E-state index in [0.717, 1.165) is 11.1 Å². The zero-order valence-corrected chi connectivity index (χ0v) is 10.7. The van der Waals surface area contributed by atoms with Crippen molar-refractivity contribution in [2.24, 2.45) is 11.1 Å². The number of carbonyl (C=O) groups excluding carboxylic acids is 1. The molecular weight excluding hydrogens is 216 g/mol. The van der Waals surface area contributed by atoms with Gasteiger partial charge < -0.3 is 10.5 Å². The number of nitrogens with zero attached hydrogens (tertiary/aromatic N) is 1. The number of nitrogens with two attached hydrogens (primary N) is 1. The minimum absolute atomic E-state index is 0.246. The molecule has 2 N–H and O–H groups in total. The van der Waals surface area contributed by atoms with Crippen molar-refractivity contribution in [2.75, 3.05) is 13.2 Å². The standard InChI is InChI=1S/C13H20N2O2/c1-4-17-12(16)13(3,9-14)6-11-5-10(2)7-15-8-11/h5,7-8H,4,6,9,14H2,1-3H3. The number of esters is 1. The Balaban J connectivity index is 2.85. The van der Waals surface area contributed by atoms with Crippen molar-refractivity contribution in [3.8, 4) is 0 Å². The lowest BCUT2D eigenvalue weighted by Crippen LogP contribution is -2.39. The van der Waals surface area contributed by atoms with Gasteiger partial charge in [-0.25, -0.2) is 0 Å². The van der Waals surface area contributed by atoms with Crippen molar-refractivity contribution in [1.82, 2.24) is 4.98 Å². The van der Waals surface area contributed by atoms with E-state index in [1.54, 1.807) is 19.3 Å². The van der Waals surface area contributed by atoms with Crippen LogP contribution in [0, 0.1) is 12.3 Å². The molecule has 0 fully saturated rings. The Morgan fingerprint density at radius 1 is 1.53 bits per heavy atom. The first-order valence-electron chi connectivity index (χ1n) is 5.79. The van der Waals surface area contributed by atoms with Gasteiger partial charge in [-0.15, -0.1) is 0 Å². The summed E-state index contributed by atoms with van der Waals surface area (Å²) in [5, 5.41) is 0. The molecule has 0 saturated heterocycles. The lowest BCUT2D eigenvalue weighted by molar-refractivity contribution is -0.153. The summed E-state index contributed by atoms with van der Waals surface area (Å²) in [5.41, 5.74) is 7.11. The first-order chi connectivity index (χ1) is 8.01. The molecule has 1 atom stereocenters. The molecule has 0 aromatic carbocycles. The van der Waals surface area contributed by atoms with Crippen LogP contribution < -0.4 is 5.73 Å². The van der Waals surface area contributed by atoms with Crippen LogP contribution >= 0.6 is 0 Å². The summed E-state index contributed by atoms with van der Waals surface area (Å²) >= 11 is 0. The molecular formula is C13H20N2O2. The number of rotatable bonds is 5. The van der Waals surface area contributed by atoms with Crippen molar-refractivity contribution in [2.45, 2.75) is 27.2 Å². The molecule has 4 nitrogen and oxygen atoms in total. The molecule has 0 saturated carbocycles. The molecule has 94 valence electrons. The molecule has 4 heteroatoms. The molecule has 0 aliphatic carbocycles. The van der Waals surface area contributed by atoms with Gasteiger partial charge in [0.25, 0.3) is 0 Å². The van der Waals surface area contributed by atoms with Crippen LogP contribution in [0.1, 0.15) is 25.0 Å². The molecule has 1 aromatic heterocycles. The molecule has 1 rings (SSSR count). The Kier molecular flexibility index (Phi) is 4.63. The number of aryl methyl sites for hydroxylation is 1. The van der Waals surface area contributed by atoms with Crippen molar-refractivity contribution in [3.63, 3.8) is 0 Å². The predicted molar refractivity (Wildman–Crippen MR) is 66.5 cm³/mol. The molecule has 0 spiro atoms. The van der Waals surface area contributed by atoms with E-state index in [0.29, 0.717) is 13.0 Å². The number of hydrogen-bond acceptors (Lipinski definition) is 4. The van der Waals surface area contributed by atoms with E-state index in [1.807, 2.05) is 19.9 Å². The average Bonchev–Trinajstić information content (AvgIpc) is 2.29. The molecule has 1 heterocycles. The van der Waals surface area contributed by atoms with Crippen LogP contribution in [0.15, 0.2) is 18.5 Å². The highest BCUT2D eigenvalue weighted by Crippen LogP contribution is 2.23. The molecule has 1 aromatic rings. The van der Waals surface area contributed by atoms with E-state index in [-0.39, 0.29) is 12.5 Å². The van der Waals surface area contributed by atoms with Crippen LogP contribution in [0.4, 0.5) is 0 Å². The SMILES string of the molecule is CCOC(=O)C(C)(CN)Cc1cncc(C)c1. The third kappa shape index (κ3) is 3.53. The smallest absolute Gasteiger partial charge is 0.313 e. The third-order valence-electron chi connectivity index (χ3n) is 2.74. The van der Waals surface area contributed by atoms with Crippen molar-refractivity contribution in [1.29, 1.82) is 0 Å². The van der Waals surface area contributed by atoms with Gasteiger partial charge in [-0.05, 0) is 38.3 Å². The molecule has 1 unspecified atom stereocenters. The fourth-order valence-electron chi connectivity index (χ4n) is 1.70. The second-order valence-corrected chi connectivity index (χ2v) is 4.53. The largest absolute Gasteiger partial charge is 0.466 e. The fourth-order valence-corrected chi connectivity index (χ4v) is 1.70. The highest BCUT2D eigenvalue weighted by Gasteiger charge is 2.33. The van der Waals surface area contributed by atoms with E-state index < -0.39 is 5.41 Å². The Labute approximate surface area is 102 Å². The second kappa shape index (κ2) is 5.77. The van der Waals surface area contributed by atoms with E-state index >= 15 is 0 Å². The van der Waals surface area contributed by atoms with Gasteiger partial charge in [0.2, 0.25) is 0 Å². The first kappa shape index (κ1) is 13.6. The summed E-state index contributed by atoms with van der Waals surface area (Å²) in [6, 6.07) is 2.01. The lowest BCUT2D eigenvalue weighted by Gasteiger charge is -2.25. The number of carbonyl (C=O) groups is 1. The van der Waals surface area contributed by atoms with Crippen LogP contribution in [0.2, 0.25) is 0 Å². The molecule has 17 heavy (non-hydrogen) atoms. The topological polar surface area (TPSA) is 65.2 Å². The van der Waals surface area contributed by atoms with Crippen LogP contribution in [0.5, 0.6) is 0 Å². The van der Waals surface area contributed by atoms with E-state index in [4.69, 9.17) is 10.5 Å². The monoisotopic (exact) mass is 236 g/mol. The number of aromatic nitrogens is 1. The quantitative estimate of drug-likeness (QED) is 0.786. The minimum Gasteiger partial charge on any atom is -0.466 e. The van der Waals surface area contributed by atoms with Gasteiger partial charge in [-0.1, -0.05) is 6.07 Å². The van der Waals surface area contributed by atoms with Gasteiger partial charge in [0.1, 0.15) is 0 Å². The number of pyridine rings is 1. The predicted octanol–water partition coefficient (Wildman–Crippen LogP) is 1.46. The van der Waals surface area contributed by atoms with Gasteiger partial charge in [0.05, 0.1) is 12.0 Å². The van der Waals surface area contributed by atoms with E-state index in [2.05, 4.69) is 4.98 Å².